The normalized spacial score (nSPS) is 22.8. The highest BCUT2D eigenvalue weighted by Crippen LogP contribution is 2.30. The molecule has 1 aliphatic carbocycles. The minimum atomic E-state index is -0.458. The van der Waals surface area contributed by atoms with Crippen molar-refractivity contribution in [1.29, 1.82) is 0 Å². The Bertz CT molecular complexity index is 328. The average molecular weight is 267 g/mol. The quantitative estimate of drug-likeness (QED) is 0.691. The summed E-state index contributed by atoms with van der Waals surface area (Å²) in [6.45, 7) is 6.68. The molecule has 2 aliphatic rings. The lowest BCUT2D eigenvalue weighted by atomic mass is 9.79. The minimum absolute atomic E-state index is 0.218. The van der Waals surface area contributed by atoms with Crippen LogP contribution in [0.5, 0.6) is 0 Å². The van der Waals surface area contributed by atoms with Crippen molar-refractivity contribution in [3.05, 3.63) is 0 Å². The van der Waals surface area contributed by atoms with Gasteiger partial charge in [-0.1, -0.05) is 19.3 Å². The van der Waals surface area contributed by atoms with Gasteiger partial charge < -0.3 is 4.74 Å². The molecule has 0 aromatic heterocycles. The number of ketones is 1. The van der Waals surface area contributed by atoms with Crippen molar-refractivity contribution in [2.75, 3.05) is 19.6 Å². The van der Waals surface area contributed by atoms with Crippen LogP contribution in [0.3, 0.4) is 0 Å². The first-order chi connectivity index (χ1) is 9.02. The summed E-state index contributed by atoms with van der Waals surface area (Å²) in [6.07, 6.45) is 5.90. The summed E-state index contributed by atoms with van der Waals surface area (Å²) < 4.78 is 5.04. The lowest BCUT2D eigenvalue weighted by Crippen LogP contribution is -2.56. The van der Waals surface area contributed by atoms with Gasteiger partial charge in [-0.3, -0.25) is 14.5 Å². The van der Waals surface area contributed by atoms with E-state index in [0.29, 0.717) is 24.7 Å². The molecule has 0 amide bonds. The molecule has 1 saturated carbocycles. The Hall–Kier alpha value is -0.900. The number of hydrogen-bond acceptors (Lipinski definition) is 4. The molecule has 19 heavy (non-hydrogen) atoms. The Morgan fingerprint density at radius 3 is 2.42 bits per heavy atom. The van der Waals surface area contributed by atoms with Gasteiger partial charge in [0.1, 0.15) is 11.4 Å². The molecule has 0 spiro atoms. The number of hydrogen-bond donors (Lipinski definition) is 0. The van der Waals surface area contributed by atoms with Crippen molar-refractivity contribution in [2.24, 2.45) is 11.8 Å². The third kappa shape index (κ3) is 3.78. The maximum absolute atomic E-state index is 12.3. The van der Waals surface area contributed by atoms with Crippen LogP contribution in [-0.2, 0) is 14.3 Å². The summed E-state index contributed by atoms with van der Waals surface area (Å²) in [4.78, 5) is 24.9. The Labute approximate surface area is 115 Å². The van der Waals surface area contributed by atoms with Crippen LogP contribution < -0.4 is 0 Å². The fraction of sp³-hybridized carbons (Fsp3) is 0.867. The van der Waals surface area contributed by atoms with E-state index in [-0.39, 0.29) is 5.92 Å². The van der Waals surface area contributed by atoms with Crippen molar-refractivity contribution < 1.29 is 14.3 Å². The number of likely N-dealkylation sites (tertiary alicyclic amines) is 1. The Kier molecular flexibility index (Phi) is 4.61. The molecule has 0 aromatic rings. The summed E-state index contributed by atoms with van der Waals surface area (Å²) in [6, 6.07) is 0. The first kappa shape index (κ1) is 14.5. The first-order valence-corrected chi connectivity index (χ1v) is 7.39. The van der Waals surface area contributed by atoms with Crippen LogP contribution >= 0.6 is 0 Å². The highest BCUT2D eigenvalue weighted by molar-refractivity contribution is 5.84. The zero-order valence-corrected chi connectivity index (χ0v) is 12.1. The second-order valence-electron chi connectivity index (χ2n) is 6.60. The molecule has 0 atom stereocenters. The molecule has 0 unspecified atom stereocenters. The predicted molar refractivity (Wildman–Crippen MR) is 72.7 cm³/mol. The van der Waals surface area contributed by atoms with Crippen LogP contribution in [0.1, 0.15) is 46.0 Å². The second-order valence-corrected chi connectivity index (χ2v) is 6.60. The van der Waals surface area contributed by atoms with E-state index in [1.54, 1.807) is 0 Å². The summed E-state index contributed by atoms with van der Waals surface area (Å²) in [5.74, 6) is 1.01. The van der Waals surface area contributed by atoms with Gasteiger partial charge in [-0.25, -0.2) is 0 Å². The van der Waals surface area contributed by atoms with Gasteiger partial charge in [-0.05, 0) is 26.7 Å². The molecular weight excluding hydrogens is 242 g/mol. The number of carbonyl (C=O) groups is 2. The molecule has 0 radical (unpaired) electrons. The van der Waals surface area contributed by atoms with E-state index in [9.17, 15) is 9.59 Å². The van der Waals surface area contributed by atoms with E-state index in [1.165, 1.54) is 19.3 Å². The number of nitrogens with zero attached hydrogens (tertiary/aromatic N) is 1. The second kappa shape index (κ2) is 6.04. The van der Waals surface area contributed by atoms with Gasteiger partial charge in [0.25, 0.3) is 6.47 Å². The Morgan fingerprint density at radius 1 is 1.21 bits per heavy atom. The van der Waals surface area contributed by atoms with Gasteiger partial charge in [0, 0.05) is 31.5 Å². The molecular formula is C15H25NO3. The summed E-state index contributed by atoms with van der Waals surface area (Å²) >= 11 is 0. The first-order valence-electron chi connectivity index (χ1n) is 7.39. The highest BCUT2D eigenvalue weighted by Gasteiger charge is 2.38. The standard InChI is InChI=1S/C15H25NO3/c1-15(2,19-11-17)10-16-8-13(9-16)14(18)12-6-4-3-5-7-12/h11-13H,3-10H2,1-2H3. The van der Waals surface area contributed by atoms with Crippen LogP contribution in [-0.4, -0.2) is 42.4 Å². The largest absolute Gasteiger partial charge is 0.461 e. The van der Waals surface area contributed by atoms with Crippen molar-refractivity contribution in [3.8, 4) is 0 Å². The van der Waals surface area contributed by atoms with E-state index in [4.69, 9.17) is 4.74 Å². The monoisotopic (exact) mass is 267 g/mol. The molecule has 4 nitrogen and oxygen atoms in total. The lowest BCUT2D eigenvalue weighted by Gasteiger charge is -2.43. The molecule has 0 aromatic carbocycles. The zero-order valence-electron chi connectivity index (χ0n) is 12.1. The fourth-order valence-electron chi connectivity index (χ4n) is 3.31. The third-order valence-electron chi connectivity index (χ3n) is 4.34. The van der Waals surface area contributed by atoms with Crippen molar-refractivity contribution >= 4 is 12.3 Å². The van der Waals surface area contributed by atoms with E-state index >= 15 is 0 Å². The molecule has 1 aliphatic heterocycles. The maximum atomic E-state index is 12.3. The molecule has 2 rings (SSSR count). The predicted octanol–water partition coefficient (Wildman–Crippen LogP) is 2.02. The van der Waals surface area contributed by atoms with Crippen LogP contribution in [0, 0.1) is 11.8 Å². The Balaban J connectivity index is 1.73. The topological polar surface area (TPSA) is 46.6 Å². The SMILES string of the molecule is CC(C)(CN1CC(C(=O)C2CCCCC2)C1)OC=O. The molecule has 4 heteroatoms. The number of rotatable bonds is 6. The zero-order chi connectivity index (χ0) is 13.9. The Morgan fingerprint density at radius 2 is 1.84 bits per heavy atom. The van der Waals surface area contributed by atoms with Gasteiger partial charge in [-0.2, -0.15) is 0 Å². The fourth-order valence-corrected chi connectivity index (χ4v) is 3.31. The molecule has 0 bridgehead atoms. The third-order valence-corrected chi connectivity index (χ3v) is 4.34. The minimum Gasteiger partial charge on any atom is -0.461 e. The van der Waals surface area contributed by atoms with Crippen molar-refractivity contribution in [2.45, 2.75) is 51.6 Å². The molecule has 1 saturated heterocycles. The average Bonchev–Trinajstić information content (AvgIpc) is 2.33. The van der Waals surface area contributed by atoms with Gasteiger partial charge in [0.05, 0.1) is 0 Å². The molecule has 1 heterocycles. The molecule has 2 fully saturated rings. The van der Waals surface area contributed by atoms with Crippen LogP contribution in [0.25, 0.3) is 0 Å². The van der Waals surface area contributed by atoms with E-state index in [1.807, 2.05) is 13.8 Å². The smallest absolute Gasteiger partial charge is 0.293 e. The van der Waals surface area contributed by atoms with Crippen LogP contribution in [0.2, 0.25) is 0 Å². The van der Waals surface area contributed by atoms with E-state index in [0.717, 1.165) is 25.9 Å². The van der Waals surface area contributed by atoms with Crippen molar-refractivity contribution in [1.82, 2.24) is 4.90 Å². The number of ether oxygens (including phenoxy) is 1. The van der Waals surface area contributed by atoms with E-state index in [2.05, 4.69) is 4.90 Å². The summed E-state index contributed by atoms with van der Waals surface area (Å²) in [5.41, 5.74) is -0.458. The van der Waals surface area contributed by atoms with E-state index < -0.39 is 5.60 Å². The molecule has 0 N–H and O–H groups in total. The van der Waals surface area contributed by atoms with Gasteiger partial charge in [0.2, 0.25) is 0 Å². The summed E-state index contributed by atoms with van der Waals surface area (Å²) in [7, 11) is 0. The maximum Gasteiger partial charge on any atom is 0.293 e. The number of Topliss-reactive ketones (excluding diaryl/α,β-unsaturated/α-hetero) is 1. The lowest BCUT2D eigenvalue weighted by molar-refractivity contribution is -0.146. The molecule has 108 valence electrons. The van der Waals surface area contributed by atoms with Gasteiger partial charge >= 0.3 is 0 Å². The number of carbonyl (C=O) groups excluding carboxylic acids is 2. The van der Waals surface area contributed by atoms with Crippen LogP contribution in [0.15, 0.2) is 0 Å². The van der Waals surface area contributed by atoms with Crippen molar-refractivity contribution in [3.63, 3.8) is 0 Å². The van der Waals surface area contributed by atoms with Crippen LogP contribution in [0.4, 0.5) is 0 Å². The highest BCUT2D eigenvalue weighted by atomic mass is 16.5. The van der Waals surface area contributed by atoms with Gasteiger partial charge in [0.15, 0.2) is 0 Å². The van der Waals surface area contributed by atoms with Gasteiger partial charge in [-0.15, -0.1) is 0 Å². The summed E-state index contributed by atoms with van der Waals surface area (Å²) in [5, 5.41) is 0.